The Hall–Kier alpha value is -3.24. The maximum absolute atomic E-state index is 12.5. The van der Waals surface area contributed by atoms with E-state index in [1.807, 2.05) is 12.1 Å². The number of halogens is 1. The molecular weight excluding hydrogens is 368 g/mol. The highest BCUT2D eigenvalue weighted by molar-refractivity contribution is 6.18. The van der Waals surface area contributed by atoms with Gasteiger partial charge in [0.15, 0.2) is 0 Å². The molecule has 8 heteroatoms. The summed E-state index contributed by atoms with van der Waals surface area (Å²) in [7, 11) is 3.08. The number of benzene rings is 1. The molecule has 0 amide bonds. The second-order valence-electron chi connectivity index (χ2n) is 5.97. The Kier molecular flexibility index (Phi) is 5.19. The SMILES string of the molecule is COc1ccc2cc(CCNc3ccc(C#N)n(C)c3=O)c(=O)n(Cl)c2c1. The number of rotatable bonds is 5. The fourth-order valence-electron chi connectivity index (χ4n) is 2.82. The van der Waals surface area contributed by atoms with Crippen LogP contribution in [0.5, 0.6) is 5.75 Å². The van der Waals surface area contributed by atoms with E-state index in [1.165, 1.54) is 11.6 Å². The van der Waals surface area contributed by atoms with Crippen molar-refractivity contribution in [3.05, 3.63) is 68.4 Å². The van der Waals surface area contributed by atoms with Crippen molar-refractivity contribution in [2.45, 2.75) is 6.42 Å². The summed E-state index contributed by atoms with van der Waals surface area (Å²) in [5, 5.41) is 12.8. The van der Waals surface area contributed by atoms with Crippen molar-refractivity contribution in [2.24, 2.45) is 7.05 Å². The zero-order chi connectivity index (χ0) is 19.6. The fraction of sp³-hybridized carbons (Fsp3) is 0.211. The molecule has 0 aliphatic carbocycles. The number of anilines is 1. The molecule has 0 fully saturated rings. The lowest BCUT2D eigenvalue weighted by Gasteiger charge is -2.10. The fourth-order valence-corrected chi connectivity index (χ4v) is 3.08. The third-order valence-corrected chi connectivity index (χ3v) is 4.70. The van der Waals surface area contributed by atoms with Crippen LogP contribution in [0.1, 0.15) is 11.3 Å². The zero-order valence-electron chi connectivity index (χ0n) is 14.8. The van der Waals surface area contributed by atoms with Gasteiger partial charge in [0.1, 0.15) is 23.2 Å². The summed E-state index contributed by atoms with van der Waals surface area (Å²) in [4.78, 5) is 24.7. The van der Waals surface area contributed by atoms with Crippen molar-refractivity contribution in [3.63, 3.8) is 0 Å². The Labute approximate surface area is 160 Å². The third kappa shape index (κ3) is 3.52. The van der Waals surface area contributed by atoms with Crippen molar-refractivity contribution in [1.82, 2.24) is 8.65 Å². The molecule has 0 saturated heterocycles. The zero-order valence-corrected chi connectivity index (χ0v) is 15.6. The van der Waals surface area contributed by atoms with Gasteiger partial charge in [-0.2, -0.15) is 5.26 Å². The number of hydrogen-bond acceptors (Lipinski definition) is 5. The van der Waals surface area contributed by atoms with Gasteiger partial charge in [-0.3, -0.25) is 9.59 Å². The van der Waals surface area contributed by atoms with Crippen LogP contribution in [0.25, 0.3) is 10.9 Å². The monoisotopic (exact) mass is 384 g/mol. The van der Waals surface area contributed by atoms with Crippen molar-refractivity contribution in [2.75, 3.05) is 19.0 Å². The summed E-state index contributed by atoms with van der Waals surface area (Å²) < 4.78 is 7.52. The standard InChI is InChI=1S/C19H17ClN4O3/c1-23-14(11-21)4-6-16(19(23)26)22-8-7-13-9-12-3-5-15(27-2)10-17(12)24(20)18(13)25/h3-6,9-10,22H,7-8H2,1-2H3. The average molecular weight is 385 g/mol. The van der Waals surface area contributed by atoms with Gasteiger partial charge in [0.05, 0.1) is 12.6 Å². The Balaban J connectivity index is 1.83. The molecule has 1 N–H and O–H groups in total. The van der Waals surface area contributed by atoms with E-state index in [0.29, 0.717) is 35.5 Å². The summed E-state index contributed by atoms with van der Waals surface area (Å²) in [5.74, 6) is 0.613. The largest absolute Gasteiger partial charge is 0.497 e. The molecule has 7 nitrogen and oxygen atoms in total. The number of nitriles is 1. The molecule has 0 saturated carbocycles. The number of methoxy groups -OCH3 is 1. The van der Waals surface area contributed by atoms with Crippen LogP contribution in [0.4, 0.5) is 5.69 Å². The number of nitrogens with one attached hydrogen (secondary N) is 1. The van der Waals surface area contributed by atoms with Crippen LogP contribution < -0.4 is 21.2 Å². The van der Waals surface area contributed by atoms with Gasteiger partial charge in [-0.1, -0.05) is 0 Å². The molecule has 3 aromatic rings. The summed E-state index contributed by atoms with van der Waals surface area (Å²) in [6.07, 6.45) is 0.386. The molecule has 2 heterocycles. The molecule has 2 aromatic heterocycles. The highest BCUT2D eigenvalue weighted by atomic mass is 35.5. The van der Waals surface area contributed by atoms with Gasteiger partial charge >= 0.3 is 0 Å². The maximum atomic E-state index is 12.5. The van der Waals surface area contributed by atoms with Gasteiger partial charge in [-0.15, -0.1) is 0 Å². The summed E-state index contributed by atoms with van der Waals surface area (Å²) in [5.41, 5.74) is 1.13. The van der Waals surface area contributed by atoms with E-state index in [4.69, 9.17) is 21.8 Å². The Morgan fingerprint density at radius 3 is 2.67 bits per heavy atom. The second-order valence-corrected chi connectivity index (χ2v) is 6.30. The quantitative estimate of drug-likeness (QED) is 0.728. The van der Waals surface area contributed by atoms with Crippen molar-refractivity contribution < 1.29 is 4.74 Å². The summed E-state index contributed by atoms with van der Waals surface area (Å²) in [6, 6.07) is 12.2. The first-order chi connectivity index (χ1) is 13.0. The Morgan fingerprint density at radius 1 is 1.19 bits per heavy atom. The van der Waals surface area contributed by atoms with Gasteiger partial charge in [0.2, 0.25) is 0 Å². The lowest BCUT2D eigenvalue weighted by atomic mass is 10.1. The van der Waals surface area contributed by atoms with Crippen molar-refractivity contribution in [3.8, 4) is 11.8 Å². The van der Waals surface area contributed by atoms with E-state index >= 15 is 0 Å². The van der Waals surface area contributed by atoms with Gasteiger partial charge in [0, 0.05) is 42.4 Å². The molecule has 0 aliphatic heterocycles. The number of hydrogen-bond donors (Lipinski definition) is 1. The summed E-state index contributed by atoms with van der Waals surface area (Å²) in [6.45, 7) is 0.370. The summed E-state index contributed by atoms with van der Waals surface area (Å²) >= 11 is 6.18. The molecule has 0 bridgehead atoms. The van der Waals surface area contributed by atoms with Crippen LogP contribution in [0.15, 0.2) is 46.0 Å². The molecule has 0 spiro atoms. The molecule has 0 radical (unpaired) electrons. The molecule has 0 atom stereocenters. The van der Waals surface area contributed by atoms with E-state index < -0.39 is 0 Å². The third-order valence-electron chi connectivity index (χ3n) is 4.36. The normalized spacial score (nSPS) is 10.6. The number of nitrogens with zero attached hydrogens (tertiary/aromatic N) is 3. The van der Waals surface area contributed by atoms with E-state index in [2.05, 4.69) is 5.32 Å². The van der Waals surface area contributed by atoms with Crippen LogP contribution in [0.3, 0.4) is 0 Å². The lowest BCUT2D eigenvalue weighted by Crippen LogP contribution is -2.25. The number of fused-ring (bicyclic) bond motifs is 1. The molecule has 3 rings (SSSR count). The van der Waals surface area contributed by atoms with Gasteiger partial charge in [-0.05, 0) is 36.8 Å². The van der Waals surface area contributed by atoms with Gasteiger partial charge in [0.25, 0.3) is 11.1 Å². The van der Waals surface area contributed by atoms with E-state index in [9.17, 15) is 9.59 Å². The molecule has 0 unspecified atom stereocenters. The number of pyridine rings is 2. The van der Waals surface area contributed by atoms with Gasteiger partial charge < -0.3 is 14.6 Å². The minimum atomic E-state index is -0.313. The molecule has 27 heavy (non-hydrogen) atoms. The van der Waals surface area contributed by atoms with Crippen LogP contribution >= 0.6 is 11.8 Å². The Bertz CT molecular complexity index is 1170. The van der Waals surface area contributed by atoms with E-state index in [-0.39, 0.29) is 16.8 Å². The highest BCUT2D eigenvalue weighted by Crippen LogP contribution is 2.21. The molecular formula is C19H17ClN4O3. The number of aromatic nitrogens is 2. The molecule has 1 aromatic carbocycles. The van der Waals surface area contributed by atoms with E-state index in [1.54, 1.807) is 37.4 Å². The van der Waals surface area contributed by atoms with Crippen molar-refractivity contribution >= 4 is 28.4 Å². The second kappa shape index (κ2) is 7.56. The van der Waals surface area contributed by atoms with E-state index in [0.717, 1.165) is 9.47 Å². The number of ether oxygens (including phenoxy) is 1. The molecule has 138 valence electrons. The topological polar surface area (TPSA) is 89.1 Å². The van der Waals surface area contributed by atoms with Crippen LogP contribution in [0.2, 0.25) is 0 Å². The predicted octanol–water partition coefficient (Wildman–Crippen LogP) is 2.24. The first-order valence-electron chi connectivity index (χ1n) is 8.19. The highest BCUT2D eigenvalue weighted by Gasteiger charge is 2.10. The smallest absolute Gasteiger partial charge is 0.274 e. The molecule has 0 aliphatic rings. The minimum absolute atomic E-state index is 0.278. The first kappa shape index (κ1) is 18.5. The van der Waals surface area contributed by atoms with Crippen LogP contribution in [-0.2, 0) is 13.5 Å². The average Bonchev–Trinajstić information content (AvgIpc) is 2.68. The Morgan fingerprint density at radius 2 is 1.96 bits per heavy atom. The predicted molar refractivity (Wildman–Crippen MR) is 105 cm³/mol. The van der Waals surface area contributed by atoms with Gasteiger partial charge in [-0.25, -0.2) is 4.09 Å². The first-order valence-corrected chi connectivity index (χ1v) is 8.53. The lowest BCUT2D eigenvalue weighted by molar-refractivity contribution is 0.415. The van der Waals surface area contributed by atoms with Crippen LogP contribution in [-0.4, -0.2) is 22.3 Å². The minimum Gasteiger partial charge on any atom is -0.497 e. The van der Waals surface area contributed by atoms with Crippen LogP contribution in [0, 0.1) is 11.3 Å². The van der Waals surface area contributed by atoms with Crippen molar-refractivity contribution in [1.29, 1.82) is 5.26 Å². The maximum Gasteiger partial charge on any atom is 0.274 e.